The predicted molar refractivity (Wildman–Crippen MR) is 76.1 cm³/mol. The van der Waals surface area contributed by atoms with E-state index in [4.69, 9.17) is 0 Å². The topological polar surface area (TPSA) is 49.4 Å². The Hall–Kier alpha value is -0.130. The predicted octanol–water partition coefficient (Wildman–Crippen LogP) is 1.83. The summed E-state index contributed by atoms with van der Waals surface area (Å²) in [5.41, 5.74) is 0. The Balaban J connectivity index is 2.39. The van der Waals surface area contributed by atoms with Crippen LogP contribution in [0.25, 0.3) is 0 Å². The normalized spacial score (nSPS) is 16.7. The molecule has 0 amide bonds. The maximum atomic E-state index is 12.3. The number of unbranched alkanes of at least 4 members (excludes halogenated alkanes) is 1. The average molecular weight is 276 g/mol. The Morgan fingerprint density at radius 2 is 1.94 bits per heavy atom. The second-order valence-electron chi connectivity index (χ2n) is 5.57. The second-order valence-corrected chi connectivity index (χ2v) is 7.61. The fraction of sp³-hybridized carbons (Fsp3) is 1.00. The first-order chi connectivity index (χ1) is 8.47. The molecule has 1 fully saturated rings. The quantitative estimate of drug-likeness (QED) is 0.619. The van der Waals surface area contributed by atoms with Crippen molar-refractivity contribution < 1.29 is 8.42 Å². The van der Waals surface area contributed by atoms with Crippen molar-refractivity contribution in [3.8, 4) is 0 Å². The van der Waals surface area contributed by atoms with Gasteiger partial charge in [0.2, 0.25) is 10.0 Å². The van der Waals surface area contributed by atoms with Crippen LogP contribution in [-0.4, -0.2) is 44.2 Å². The SMILES string of the molecule is CCNCCCCS(=O)(=O)N(CC(C)C)C1CC1. The molecule has 1 rings (SSSR count). The maximum absolute atomic E-state index is 12.3. The molecule has 0 saturated heterocycles. The van der Waals surface area contributed by atoms with Crippen LogP contribution in [0.5, 0.6) is 0 Å². The number of nitrogens with one attached hydrogen (secondary N) is 1. The molecule has 0 aliphatic heterocycles. The fourth-order valence-electron chi connectivity index (χ4n) is 2.04. The summed E-state index contributed by atoms with van der Waals surface area (Å²) in [7, 11) is -3.04. The summed E-state index contributed by atoms with van der Waals surface area (Å²) < 4.78 is 26.3. The van der Waals surface area contributed by atoms with Crippen LogP contribution < -0.4 is 5.32 Å². The zero-order valence-corrected chi connectivity index (χ0v) is 12.8. The zero-order valence-electron chi connectivity index (χ0n) is 12.0. The molecule has 0 unspecified atom stereocenters. The molecule has 0 heterocycles. The molecule has 108 valence electrons. The van der Waals surface area contributed by atoms with Gasteiger partial charge in [-0.3, -0.25) is 0 Å². The van der Waals surface area contributed by atoms with Crippen LogP contribution in [0.1, 0.15) is 46.5 Å². The van der Waals surface area contributed by atoms with Crippen molar-refractivity contribution in [1.82, 2.24) is 9.62 Å². The number of sulfonamides is 1. The Labute approximate surface area is 112 Å². The molecule has 0 atom stereocenters. The van der Waals surface area contributed by atoms with Crippen LogP contribution in [0, 0.1) is 5.92 Å². The molecule has 1 aliphatic rings. The number of hydrogen-bond acceptors (Lipinski definition) is 3. The van der Waals surface area contributed by atoms with Crippen molar-refractivity contribution >= 4 is 10.0 Å². The highest BCUT2D eigenvalue weighted by atomic mass is 32.2. The highest BCUT2D eigenvalue weighted by Gasteiger charge is 2.36. The van der Waals surface area contributed by atoms with Crippen LogP contribution >= 0.6 is 0 Å². The first-order valence-corrected chi connectivity index (χ1v) is 8.78. The minimum atomic E-state index is -3.04. The van der Waals surface area contributed by atoms with Crippen molar-refractivity contribution in [3.63, 3.8) is 0 Å². The van der Waals surface area contributed by atoms with E-state index in [-0.39, 0.29) is 0 Å². The standard InChI is InChI=1S/C13H28N2O2S/c1-4-14-9-5-6-10-18(16,17)15(11-12(2)3)13-7-8-13/h12-14H,4-11H2,1-3H3. The van der Waals surface area contributed by atoms with E-state index < -0.39 is 10.0 Å². The van der Waals surface area contributed by atoms with Gasteiger partial charge in [0.05, 0.1) is 5.75 Å². The van der Waals surface area contributed by atoms with E-state index >= 15 is 0 Å². The number of nitrogens with zero attached hydrogens (tertiary/aromatic N) is 1. The van der Waals surface area contributed by atoms with Gasteiger partial charge in [-0.25, -0.2) is 8.42 Å². The molecule has 4 nitrogen and oxygen atoms in total. The summed E-state index contributed by atoms with van der Waals surface area (Å²) in [6.45, 7) is 8.77. The van der Waals surface area contributed by atoms with Gasteiger partial charge in [-0.2, -0.15) is 4.31 Å². The highest BCUT2D eigenvalue weighted by Crippen LogP contribution is 2.30. The van der Waals surface area contributed by atoms with E-state index in [1.165, 1.54) is 0 Å². The minimum absolute atomic E-state index is 0.297. The average Bonchev–Trinajstić information content (AvgIpc) is 3.09. The van der Waals surface area contributed by atoms with Crippen LogP contribution in [-0.2, 0) is 10.0 Å². The molecule has 0 radical (unpaired) electrons. The van der Waals surface area contributed by atoms with Crippen LogP contribution in [0.3, 0.4) is 0 Å². The molecule has 1 N–H and O–H groups in total. The van der Waals surface area contributed by atoms with Gasteiger partial charge in [0.1, 0.15) is 0 Å². The summed E-state index contributed by atoms with van der Waals surface area (Å²) in [5.74, 6) is 0.712. The largest absolute Gasteiger partial charge is 0.317 e. The van der Waals surface area contributed by atoms with Gasteiger partial charge in [0, 0.05) is 12.6 Å². The van der Waals surface area contributed by atoms with E-state index in [1.54, 1.807) is 4.31 Å². The summed E-state index contributed by atoms with van der Waals surface area (Å²) in [6, 6.07) is 0.297. The molecule has 18 heavy (non-hydrogen) atoms. The summed E-state index contributed by atoms with van der Waals surface area (Å²) in [4.78, 5) is 0. The molecule has 0 aromatic rings. The fourth-order valence-corrected chi connectivity index (χ4v) is 4.03. The van der Waals surface area contributed by atoms with E-state index in [1.807, 2.05) is 0 Å². The molecule has 1 saturated carbocycles. The van der Waals surface area contributed by atoms with E-state index in [2.05, 4.69) is 26.1 Å². The lowest BCUT2D eigenvalue weighted by atomic mass is 10.2. The highest BCUT2D eigenvalue weighted by molar-refractivity contribution is 7.89. The monoisotopic (exact) mass is 276 g/mol. The van der Waals surface area contributed by atoms with Gasteiger partial charge in [-0.1, -0.05) is 20.8 Å². The smallest absolute Gasteiger partial charge is 0.214 e. The van der Waals surface area contributed by atoms with Gasteiger partial charge >= 0.3 is 0 Å². The number of hydrogen-bond donors (Lipinski definition) is 1. The van der Waals surface area contributed by atoms with Crippen molar-refractivity contribution in [2.45, 2.75) is 52.5 Å². The molecule has 0 aromatic carbocycles. The van der Waals surface area contributed by atoms with Gasteiger partial charge in [0.25, 0.3) is 0 Å². The van der Waals surface area contributed by atoms with Crippen LogP contribution in [0.4, 0.5) is 0 Å². The second kappa shape index (κ2) is 7.46. The van der Waals surface area contributed by atoms with Gasteiger partial charge in [-0.15, -0.1) is 0 Å². The third kappa shape index (κ3) is 5.67. The van der Waals surface area contributed by atoms with E-state index in [0.29, 0.717) is 24.3 Å². The summed E-state index contributed by atoms with van der Waals surface area (Å²) in [6.07, 6.45) is 3.79. The molecule has 0 spiro atoms. The molecular formula is C13H28N2O2S. The third-order valence-corrected chi connectivity index (χ3v) is 5.08. The van der Waals surface area contributed by atoms with Gasteiger partial charge in [-0.05, 0) is 44.7 Å². The number of rotatable bonds is 10. The summed E-state index contributed by atoms with van der Waals surface area (Å²) in [5, 5.41) is 3.22. The molecule has 0 bridgehead atoms. The Morgan fingerprint density at radius 3 is 2.44 bits per heavy atom. The van der Waals surface area contributed by atoms with Crippen molar-refractivity contribution in [2.75, 3.05) is 25.4 Å². The van der Waals surface area contributed by atoms with Crippen molar-refractivity contribution in [1.29, 1.82) is 0 Å². The van der Waals surface area contributed by atoms with Gasteiger partial charge < -0.3 is 5.32 Å². The zero-order chi connectivity index (χ0) is 13.6. The van der Waals surface area contributed by atoms with Gasteiger partial charge in [0.15, 0.2) is 0 Å². The van der Waals surface area contributed by atoms with Crippen LogP contribution in [0.2, 0.25) is 0 Å². The molecule has 0 aromatic heterocycles. The minimum Gasteiger partial charge on any atom is -0.317 e. The maximum Gasteiger partial charge on any atom is 0.214 e. The van der Waals surface area contributed by atoms with E-state index in [9.17, 15) is 8.42 Å². The first-order valence-electron chi connectivity index (χ1n) is 7.17. The first kappa shape index (κ1) is 15.9. The van der Waals surface area contributed by atoms with Crippen molar-refractivity contribution in [2.24, 2.45) is 5.92 Å². The molecule has 5 heteroatoms. The summed E-state index contributed by atoms with van der Waals surface area (Å²) >= 11 is 0. The Morgan fingerprint density at radius 1 is 1.28 bits per heavy atom. The Kier molecular flexibility index (Phi) is 6.60. The lowest BCUT2D eigenvalue weighted by molar-refractivity contribution is 0.359. The third-order valence-electron chi connectivity index (χ3n) is 3.11. The Bertz CT molecular complexity index is 324. The van der Waals surface area contributed by atoms with E-state index in [0.717, 1.165) is 38.8 Å². The van der Waals surface area contributed by atoms with Crippen molar-refractivity contribution in [3.05, 3.63) is 0 Å². The molecule has 1 aliphatic carbocycles. The lowest BCUT2D eigenvalue weighted by Crippen LogP contribution is -2.37. The van der Waals surface area contributed by atoms with Crippen LogP contribution in [0.15, 0.2) is 0 Å². The lowest BCUT2D eigenvalue weighted by Gasteiger charge is -2.23. The molecular weight excluding hydrogens is 248 g/mol.